The molecule has 0 aromatic heterocycles. The van der Waals surface area contributed by atoms with Gasteiger partial charge in [-0.3, -0.25) is 4.99 Å². The number of methoxy groups -OCH3 is 1. The summed E-state index contributed by atoms with van der Waals surface area (Å²) < 4.78 is 18.9. The average molecular weight is 374 g/mol. The molecule has 0 saturated carbocycles. The summed E-state index contributed by atoms with van der Waals surface area (Å²) in [7, 11) is 1.16. The third kappa shape index (κ3) is 3.34. The lowest BCUT2D eigenvalue weighted by Crippen LogP contribution is -2.27. The monoisotopic (exact) mass is 373 g/mol. The fourth-order valence-corrected chi connectivity index (χ4v) is 2.71. The highest BCUT2D eigenvalue weighted by Gasteiger charge is 2.25. The summed E-state index contributed by atoms with van der Waals surface area (Å²) >= 11 is 6.05. The fraction of sp³-hybridized carbons (Fsp3) is 0.111. The van der Waals surface area contributed by atoms with E-state index in [0.717, 1.165) is 7.11 Å². The standard InChI is InChI=1S/C18H13ClFN3O3/c1-26-18(24)17(23-25)15-9-21-16(11-4-2-3-5-13(11)20)12-7-6-10(19)8-14(12)22-15/h2-8,25H,9H2,1H3. The molecular formula is C18H13ClFN3O3. The molecular weight excluding hydrogens is 361 g/mol. The smallest absolute Gasteiger partial charge is 0.362 e. The number of oxime groups is 1. The number of nitrogens with zero attached hydrogens (tertiary/aromatic N) is 3. The van der Waals surface area contributed by atoms with Crippen LogP contribution in [0.15, 0.2) is 57.6 Å². The van der Waals surface area contributed by atoms with Gasteiger partial charge in [-0.05, 0) is 30.3 Å². The fourth-order valence-electron chi connectivity index (χ4n) is 2.54. The van der Waals surface area contributed by atoms with Gasteiger partial charge in [-0.2, -0.15) is 0 Å². The summed E-state index contributed by atoms with van der Waals surface area (Å²) in [5.74, 6) is -1.31. The largest absolute Gasteiger partial charge is 0.464 e. The van der Waals surface area contributed by atoms with Crippen molar-refractivity contribution < 1.29 is 19.1 Å². The molecule has 0 fully saturated rings. The van der Waals surface area contributed by atoms with E-state index in [9.17, 15) is 14.4 Å². The van der Waals surface area contributed by atoms with Crippen molar-refractivity contribution in [3.05, 3.63) is 64.4 Å². The first-order valence-corrected chi connectivity index (χ1v) is 7.90. The van der Waals surface area contributed by atoms with Crippen LogP contribution in [0.5, 0.6) is 0 Å². The van der Waals surface area contributed by atoms with E-state index >= 15 is 0 Å². The Morgan fingerprint density at radius 1 is 1.27 bits per heavy atom. The number of carbonyl (C=O) groups excluding carboxylic acids is 1. The van der Waals surface area contributed by atoms with Crippen molar-refractivity contribution in [1.82, 2.24) is 0 Å². The van der Waals surface area contributed by atoms with E-state index < -0.39 is 11.8 Å². The van der Waals surface area contributed by atoms with E-state index in [4.69, 9.17) is 11.6 Å². The second-order valence-corrected chi connectivity index (χ2v) is 5.74. The Bertz CT molecular complexity index is 970. The lowest BCUT2D eigenvalue weighted by molar-refractivity contribution is -0.132. The van der Waals surface area contributed by atoms with E-state index in [0.29, 0.717) is 22.0 Å². The zero-order chi connectivity index (χ0) is 18.7. The molecule has 1 heterocycles. The zero-order valence-electron chi connectivity index (χ0n) is 13.6. The number of aliphatic imine (C=N–C) groups is 2. The van der Waals surface area contributed by atoms with E-state index in [1.165, 1.54) is 6.07 Å². The number of fused-ring (bicyclic) bond motifs is 1. The maximum atomic E-state index is 14.3. The van der Waals surface area contributed by atoms with Crippen LogP contribution in [-0.2, 0) is 9.53 Å². The van der Waals surface area contributed by atoms with Crippen molar-refractivity contribution >= 4 is 40.4 Å². The summed E-state index contributed by atoms with van der Waals surface area (Å²) in [6.07, 6.45) is 0. The Labute approximate surface area is 153 Å². The Morgan fingerprint density at radius 2 is 2.04 bits per heavy atom. The van der Waals surface area contributed by atoms with Gasteiger partial charge in [-0.1, -0.05) is 28.9 Å². The van der Waals surface area contributed by atoms with Crippen LogP contribution in [0.25, 0.3) is 0 Å². The van der Waals surface area contributed by atoms with Crippen molar-refractivity contribution in [2.24, 2.45) is 15.1 Å². The van der Waals surface area contributed by atoms with Gasteiger partial charge in [0.2, 0.25) is 5.71 Å². The lowest BCUT2D eigenvalue weighted by atomic mass is 10.0. The molecule has 1 aliphatic heterocycles. The van der Waals surface area contributed by atoms with Crippen LogP contribution in [0, 0.1) is 5.82 Å². The van der Waals surface area contributed by atoms with Crippen molar-refractivity contribution in [2.75, 3.05) is 13.7 Å². The highest BCUT2D eigenvalue weighted by atomic mass is 35.5. The number of halogens is 2. The normalized spacial score (nSPS) is 14.0. The number of ether oxygens (including phenoxy) is 1. The molecule has 0 aliphatic carbocycles. The summed E-state index contributed by atoms with van der Waals surface area (Å²) in [6.45, 7) is -0.107. The number of rotatable bonds is 3. The summed E-state index contributed by atoms with van der Waals surface area (Å²) in [6, 6.07) is 11.1. The molecule has 0 spiro atoms. The Balaban J connectivity index is 2.20. The first-order chi connectivity index (χ1) is 12.5. The molecule has 1 N–H and O–H groups in total. The Morgan fingerprint density at radius 3 is 2.73 bits per heavy atom. The van der Waals surface area contributed by atoms with Crippen molar-refractivity contribution in [3.63, 3.8) is 0 Å². The molecule has 132 valence electrons. The maximum Gasteiger partial charge on any atom is 0.362 e. The van der Waals surface area contributed by atoms with Crippen LogP contribution >= 0.6 is 11.6 Å². The third-order valence-electron chi connectivity index (χ3n) is 3.74. The highest BCUT2D eigenvalue weighted by Crippen LogP contribution is 2.29. The second-order valence-electron chi connectivity index (χ2n) is 5.30. The summed E-state index contributed by atoms with van der Waals surface area (Å²) in [5.41, 5.74) is 1.25. The molecule has 0 amide bonds. The van der Waals surface area contributed by atoms with Gasteiger partial charge in [-0.25, -0.2) is 14.2 Å². The van der Waals surface area contributed by atoms with Crippen LogP contribution in [0.1, 0.15) is 11.1 Å². The topological polar surface area (TPSA) is 83.6 Å². The summed E-state index contributed by atoms with van der Waals surface area (Å²) in [4.78, 5) is 20.6. The Kier molecular flexibility index (Phi) is 5.09. The van der Waals surface area contributed by atoms with Crippen LogP contribution in [0.3, 0.4) is 0 Å². The predicted molar refractivity (Wildman–Crippen MR) is 96.7 cm³/mol. The SMILES string of the molecule is COC(=O)C(=NO)C1=Nc2cc(Cl)ccc2C(c2ccccc2F)=NC1. The average Bonchev–Trinajstić information content (AvgIpc) is 2.81. The minimum atomic E-state index is -0.862. The van der Waals surface area contributed by atoms with Crippen molar-refractivity contribution in [2.45, 2.75) is 0 Å². The number of esters is 1. The summed E-state index contributed by atoms with van der Waals surface area (Å²) in [5, 5.41) is 12.5. The van der Waals surface area contributed by atoms with Gasteiger partial charge < -0.3 is 9.94 Å². The van der Waals surface area contributed by atoms with Gasteiger partial charge in [0, 0.05) is 16.1 Å². The van der Waals surface area contributed by atoms with Gasteiger partial charge in [-0.15, -0.1) is 0 Å². The van der Waals surface area contributed by atoms with E-state index in [1.54, 1.807) is 36.4 Å². The maximum absolute atomic E-state index is 14.3. The van der Waals surface area contributed by atoms with E-state index in [1.807, 2.05) is 0 Å². The molecule has 0 bridgehead atoms. The van der Waals surface area contributed by atoms with Crippen LogP contribution in [0.4, 0.5) is 10.1 Å². The molecule has 26 heavy (non-hydrogen) atoms. The molecule has 8 heteroatoms. The van der Waals surface area contributed by atoms with Crippen molar-refractivity contribution in [3.8, 4) is 0 Å². The molecule has 6 nitrogen and oxygen atoms in total. The first kappa shape index (κ1) is 17.8. The molecule has 3 rings (SSSR count). The number of benzene rings is 2. The number of carbonyl (C=O) groups is 1. The molecule has 0 saturated heterocycles. The minimum Gasteiger partial charge on any atom is -0.464 e. The van der Waals surface area contributed by atoms with Crippen molar-refractivity contribution in [1.29, 1.82) is 0 Å². The van der Waals surface area contributed by atoms with Crippen LogP contribution < -0.4 is 0 Å². The predicted octanol–water partition coefficient (Wildman–Crippen LogP) is 3.41. The van der Waals surface area contributed by atoms with Gasteiger partial charge in [0.1, 0.15) is 5.82 Å². The third-order valence-corrected chi connectivity index (χ3v) is 3.97. The van der Waals surface area contributed by atoms with Crippen LogP contribution in [0.2, 0.25) is 5.02 Å². The molecule has 0 radical (unpaired) electrons. The molecule has 0 atom stereocenters. The highest BCUT2D eigenvalue weighted by molar-refractivity contribution is 6.66. The minimum absolute atomic E-state index is 0.0780. The van der Waals surface area contributed by atoms with E-state index in [2.05, 4.69) is 19.9 Å². The van der Waals surface area contributed by atoms with Gasteiger partial charge in [0.05, 0.1) is 30.8 Å². The Hall–Kier alpha value is -3.06. The quantitative estimate of drug-likeness (QED) is 0.387. The van der Waals surface area contributed by atoms with Crippen LogP contribution in [-0.4, -0.2) is 42.0 Å². The van der Waals surface area contributed by atoms with Gasteiger partial charge in [0.25, 0.3) is 0 Å². The number of hydrogen-bond acceptors (Lipinski definition) is 6. The molecule has 2 aromatic rings. The lowest BCUT2D eigenvalue weighted by Gasteiger charge is -2.09. The number of hydrogen-bond donors (Lipinski definition) is 1. The second kappa shape index (κ2) is 7.45. The molecule has 2 aromatic carbocycles. The molecule has 1 aliphatic rings. The van der Waals surface area contributed by atoms with Gasteiger partial charge >= 0.3 is 5.97 Å². The van der Waals surface area contributed by atoms with Gasteiger partial charge in [0.15, 0.2) is 0 Å². The molecule has 0 unspecified atom stereocenters. The van der Waals surface area contributed by atoms with E-state index in [-0.39, 0.29) is 23.5 Å². The zero-order valence-corrected chi connectivity index (χ0v) is 14.4. The first-order valence-electron chi connectivity index (χ1n) is 7.52.